The standard InChI is InChI=1S/C17H17N5O3/c23-16(10-5-6-11-12(8-10)19-17(24)18-11)22-7-1-2-13(22)14-20-15(25-21-14)9-3-4-9/h5-6,8-9,13H,1-4,7H2,(H2,18,19,24)/t13-/m1/s1. The lowest BCUT2D eigenvalue weighted by molar-refractivity contribution is 0.0728. The molecule has 3 aromatic rings. The van der Waals surface area contributed by atoms with Crippen LogP contribution in [0.15, 0.2) is 27.5 Å². The molecule has 2 fully saturated rings. The average molecular weight is 339 g/mol. The van der Waals surface area contributed by atoms with E-state index in [1.165, 1.54) is 0 Å². The predicted molar refractivity (Wildman–Crippen MR) is 88.2 cm³/mol. The molecule has 1 aliphatic carbocycles. The molecule has 1 atom stereocenters. The number of carbonyl (C=O) groups excluding carboxylic acids is 1. The van der Waals surface area contributed by atoms with Crippen molar-refractivity contribution in [2.45, 2.75) is 37.6 Å². The summed E-state index contributed by atoms with van der Waals surface area (Å²) in [6.45, 7) is 0.665. The minimum atomic E-state index is -0.280. The minimum absolute atomic E-state index is 0.0794. The van der Waals surface area contributed by atoms with Gasteiger partial charge in [0, 0.05) is 18.0 Å². The number of benzene rings is 1. The second-order valence-electron chi connectivity index (χ2n) is 6.76. The zero-order valence-electron chi connectivity index (χ0n) is 13.5. The minimum Gasteiger partial charge on any atom is -0.339 e. The van der Waals surface area contributed by atoms with E-state index < -0.39 is 0 Å². The number of hydrogen-bond acceptors (Lipinski definition) is 5. The lowest BCUT2D eigenvalue weighted by Gasteiger charge is -2.22. The number of H-pyrrole nitrogens is 2. The summed E-state index contributed by atoms with van der Waals surface area (Å²) >= 11 is 0. The average Bonchev–Trinajstić information content (AvgIpc) is 3.02. The number of amides is 1. The first-order chi connectivity index (χ1) is 12.2. The quantitative estimate of drug-likeness (QED) is 0.759. The van der Waals surface area contributed by atoms with Crippen molar-refractivity contribution in [1.82, 2.24) is 25.0 Å². The Morgan fingerprint density at radius 2 is 2.04 bits per heavy atom. The second-order valence-corrected chi connectivity index (χ2v) is 6.76. The highest BCUT2D eigenvalue weighted by molar-refractivity contribution is 5.97. The fraction of sp³-hybridized carbons (Fsp3) is 0.412. The Morgan fingerprint density at radius 3 is 2.88 bits per heavy atom. The number of hydrogen-bond donors (Lipinski definition) is 2. The molecule has 0 unspecified atom stereocenters. The normalized spacial score (nSPS) is 20.5. The first-order valence-electron chi connectivity index (χ1n) is 8.55. The number of rotatable bonds is 3. The van der Waals surface area contributed by atoms with Gasteiger partial charge in [-0.2, -0.15) is 4.98 Å². The van der Waals surface area contributed by atoms with Crippen LogP contribution >= 0.6 is 0 Å². The molecule has 0 radical (unpaired) electrons. The molecule has 128 valence electrons. The Hall–Kier alpha value is -2.90. The zero-order chi connectivity index (χ0) is 17.0. The second kappa shape index (κ2) is 5.30. The molecule has 5 rings (SSSR count). The number of likely N-dealkylation sites (tertiary alicyclic amines) is 1. The van der Waals surface area contributed by atoms with Gasteiger partial charge < -0.3 is 19.4 Å². The number of aromatic amines is 2. The molecule has 2 N–H and O–H groups in total. The highest BCUT2D eigenvalue weighted by atomic mass is 16.5. The van der Waals surface area contributed by atoms with Gasteiger partial charge in [-0.1, -0.05) is 5.16 Å². The van der Waals surface area contributed by atoms with Crippen LogP contribution in [0.2, 0.25) is 0 Å². The SMILES string of the molecule is O=C(c1ccc2[nH]c(=O)[nH]c2c1)N1CCC[C@@H]1c1noc(C2CC2)n1. The van der Waals surface area contributed by atoms with Crippen LogP contribution in [-0.2, 0) is 0 Å². The Labute approximate surface area is 142 Å². The summed E-state index contributed by atoms with van der Waals surface area (Å²) in [5.41, 5.74) is 1.58. The van der Waals surface area contributed by atoms with Crippen molar-refractivity contribution < 1.29 is 9.32 Å². The van der Waals surface area contributed by atoms with Gasteiger partial charge in [-0.15, -0.1) is 0 Å². The number of nitrogens with zero attached hydrogens (tertiary/aromatic N) is 3. The molecule has 0 spiro atoms. The molecule has 1 aromatic carbocycles. The third kappa shape index (κ3) is 2.45. The highest BCUT2D eigenvalue weighted by Crippen LogP contribution is 2.40. The van der Waals surface area contributed by atoms with Gasteiger partial charge in [0.1, 0.15) is 0 Å². The molecule has 3 heterocycles. The number of imidazole rings is 1. The van der Waals surface area contributed by atoms with Crippen molar-refractivity contribution in [2.24, 2.45) is 0 Å². The van der Waals surface area contributed by atoms with Crippen LogP contribution < -0.4 is 5.69 Å². The van der Waals surface area contributed by atoms with Crippen LogP contribution in [0.3, 0.4) is 0 Å². The number of aromatic nitrogens is 4. The van der Waals surface area contributed by atoms with Crippen molar-refractivity contribution in [3.63, 3.8) is 0 Å². The molecule has 1 aliphatic heterocycles. The van der Waals surface area contributed by atoms with Gasteiger partial charge in [-0.05, 0) is 43.9 Å². The van der Waals surface area contributed by atoms with Crippen LogP contribution in [0, 0.1) is 0 Å². The number of carbonyl (C=O) groups is 1. The lowest BCUT2D eigenvalue weighted by Crippen LogP contribution is -2.31. The summed E-state index contributed by atoms with van der Waals surface area (Å²) in [6.07, 6.45) is 3.94. The smallest absolute Gasteiger partial charge is 0.323 e. The number of fused-ring (bicyclic) bond motifs is 1. The van der Waals surface area contributed by atoms with E-state index >= 15 is 0 Å². The number of nitrogens with one attached hydrogen (secondary N) is 2. The fourth-order valence-electron chi connectivity index (χ4n) is 3.49. The molecule has 1 amide bonds. The van der Waals surface area contributed by atoms with E-state index in [9.17, 15) is 9.59 Å². The van der Waals surface area contributed by atoms with Crippen molar-refractivity contribution in [3.8, 4) is 0 Å². The Balaban J connectivity index is 1.44. The van der Waals surface area contributed by atoms with Crippen LogP contribution in [-0.4, -0.2) is 37.5 Å². The lowest BCUT2D eigenvalue weighted by atomic mass is 10.1. The molecule has 2 aromatic heterocycles. The molecular formula is C17H17N5O3. The van der Waals surface area contributed by atoms with Gasteiger partial charge in [0.05, 0.1) is 17.1 Å². The Morgan fingerprint density at radius 1 is 1.20 bits per heavy atom. The predicted octanol–water partition coefficient (Wildman–Crippen LogP) is 2.09. The molecule has 2 aliphatic rings. The topological polar surface area (TPSA) is 108 Å². The Kier molecular flexibility index (Phi) is 3.06. The molecule has 8 nitrogen and oxygen atoms in total. The molecule has 8 heteroatoms. The third-order valence-electron chi connectivity index (χ3n) is 4.96. The molecule has 0 bridgehead atoms. The van der Waals surface area contributed by atoms with E-state index in [4.69, 9.17) is 4.52 Å². The first kappa shape index (κ1) is 14.4. The van der Waals surface area contributed by atoms with Gasteiger partial charge >= 0.3 is 5.69 Å². The van der Waals surface area contributed by atoms with Crippen molar-refractivity contribution in [3.05, 3.63) is 46.0 Å². The largest absolute Gasteiger partial charge is 0.339 e. The van der Waals surface area contributed by atoms with Gasteiger partial charge in [-0.25, -0.2) is 4.79 Å². The molecular weight excluding hydrogens is 322 g/mol. The van der Waals surface area contributed by atoms with Crippen LogP contribution in [0.5, 0.6) is 0 Å². The van der Waals surface area contributed by atoms with E-state index in [-0.39, 0.29) is 17.6 Å². The summed E-state index contributed by atoms with van der Waals surface area (Å²) in [6, 6.07) is 5.03. The van der Waals surface area contributed by atoms with Gasteiger partial charge in [-0.3, -0.25) is 4.79 Å². The summed E-state index contributed by atoms with van der Waals surface area (Å²) in [5.74, 6) is 1.62. The fourth-order valence-corrected chi connectivity index (χ4v) is 3.49. The van der Waals surface area contributed by atoms with E-state index in [0.29, 0.717) is 40.8 Å². The monoisotopic (exact) mass is 339 g/mol. The summed E-state index contributed by atoms with van der Waals surface area (Å²) in [5, 5.41) is 4.11. The third-order valence-corrected chi connectivity index (χ3v) is 4.96. The van der Waals surface area contributed by atoms with E-state index in [2.05, 4.69) is 20.1 Å². The zero-order valence-corrected chi connectivity index (χ0v) is 13.5. The summed E-state index contributed by atoms with van der Waals surface area (Å²) in [4.78, 5) is 36.0. The first-order valence-corrected chi connectivity index (χ1v) is 8.55. The van der Waals surface area contributed by atoms with Gasteiger partial charge in [0.15, 0.2) is 5.82 Å². The van der Waals surface area contributed by atoms with Crippen LogP contribution in [0.4, 0.5) is 0 Å². The maximum Gasteiger partial charge on any atom is 0.323 e. The van der Waals surface area contributed by atoms with E-state index in [0.717, 1.165) is 25.7 Å². The molecule has 25 heavy (non-hydrogen) atoms. The maximum absolute atomic E-state index is 13.0. The molecule has 1 saturated carbocycles. The molecule has 1 saturated heterocycles. The van der Waals surface area contributed by atoms with Gasteiger partial charge in [0.25, 0.3) is 5.91 Å². The summed E-state index contributed by atoms with van der Waals surface area (Å²) in [7, 11) is 0. The van der Waals surface area contributed by atoms with E-state index in [1.807, 2.05) is 0 Å². The maximum atomic E-state index is 13.0. The van der Waals surface area contributed by atoms with Crippen LogP contribution in [0.1, 0.15) is 59.7 Å². The van der Waals surface area contributed by atoms with Crippen molar-refractivity contribution in [2.75, 3.05) is 6.54 Å². The summed E-state index contributed by atoms with van der Waals surface area (Å²) < 4.78 is 5.35. The van der Waals surface area contributed by atoms with Crippen molar-refractivity contribution >= 4 is 16.9 Å². The van der Waals surface area contributed by atoms with Gasteiger partial charge in [0.2, 0.25) is 5.89 Å². The van der Waals surface area contributed by atoms with E-state index in [1.54, 1.807) is 23.1 Å². The Bertz CT molecular complexity index is 1010. The van der Waals surface area contributed by atoms with Crippen molar-refractivity contribution in [1.29, 1.82) is 0 Å². The highest BCUT2D eigenvalue weighted by Gasteiger charge is 2.36. The van der Waals surface area contributed by atoms with Crippen LogP contribution in [0.25, 0.3) is 11.0 Å².